The number of hydrazone groups is 1. The van der Waals surface area contributed by atoms with Gasteiger partial charge in [-0.15, -0.1) is 0 Å². The molecule has 2 aromatic rings. The van der Waals surface area contributed by atoms with Gasteiger partial charge in [-0.1, -0.05) is 17.7 Å². The predicted molar refractivity (Wildman–Crippen MR) is 79.5 cm³/mol. The van der Waals surface area contributed by atoms with Gasteiger partial charge in [0.2, 0.25) is 0 Å². The van der Waals surface area contributed by atoms with E-state index in [1.165, 1.54) is 0 Å². The molecule has 0 saturated carbocycles. The largest absolute Gasteiger partial charge is 0.491 e. The Bertz CT molecular complexity index is 710. The van der Waals surface area contributed by atoms with E-state index in [1.54, 1.807) is 12.3 Å². The molecule has 1 aromatic heterocycles. The average molecular weight is 281 g/mol. The number of fused-ring (bicyclic) bond motifs is 1. The van der Waals surface area contributed by atoms with Gasteiger partial charge in [0, 0.05) is 18.2 Å². The van der Waals surface area contributed by atoms with Gasteiger partial charge in [-0.3, -0.25) is 9.78 Å². The SMILES string of the molecule is Cc1cccc(C(=O)N/N=C2\CCOc3cccnc32)c1. The molecule has 2 heterocycles. The number of nitrogens with zero attached hydrogens (tertiary/aromatic N) is 2. The summed E-state index contributed by atoms with van der Waals surface area (Å²) >= 11 is 0. The second-order valence-corrected chi connectivity index (χ2v) is 4.82. The van der Waals surface area contributed by atoms with Crippen LogP contribution >= 0.6 is 0 Å². The minimum absolute atomic E-state index is 0.227. The van der Waals surface area contributed by atoms with Crippen LogP contribution in [0.15, 0.2) is 47.7 Å². The van der Waals surface area contributed by atoms with Crippen molar-refractivity contribution in [2.24, 2.45) is 5.10 Å². The summed E-state index contributed by atoms with van der Waals surface area (Å²) in [5.74, 6) is 0.475. The summed E-state index contributed by atoms with van der Waals surface area (Å²) in [6.07, 6.45) is 2.31. The zero-order valence-electron chi connectivity index (χ0n) is 11.7. The summed E-state index contributed by atoms with van der Waals surface area (Å²) in [5, 5.41) is 4.21. The van der Waals surface area contributed by atoms with E-state index < -0.39 is 0 Å². The van der Waals surface area contributed by atoms with E-state index in [9.17, 15) is 4.79 Å². The first-order chi connectivity index (χ1) is 10.2. The zero-order chi connectivity index (χ0) is 14.7. The molecular weight excluding hydrogens is 266 g/mol. The van der Waals surface area contributed by atoms with Crippen LogP contribution in [-0.2, 0) is 0 Å². The lowest BCUT2D eigenvalue weighted by Gasteiger charge is -2.17. The number of pyridine rings is 1. The summed E-state index contributed by atoms with van der Waals surface area (Å²) in [6.45, 7) is 2.49. The zero-order valence-corrected chi connectivity index (χ0v) is 11.7. The van der Waals surface area contributed by atoms with Crippen LogP contribution in [0.2, 0.25) is 0 Å². The predicted octanol–water partition coefficient (Wildman–Crippen LogP) is 2.31. The minimum Gasteiger partial charge on any atom is -0.491 e. The smallest absolute Gasteiger partial charge is 0.271 e. The van der Waals surface area contributed by atoms with Crippen molar-refractivity contribution in [3.05, 3.63) is 59.4 Å². The van der Waals surface area contributed by atoms with E-state index in [-0.39, 0.29) is 5.91 Å². The molecule has 0 radical (unpaired) electrons. The third-order valence-corrected chi connectivity index (χ3v) is 3.21. The Balaban J connectivity index is 1.79. The molecule has 5 nitrogen and oxygen atoms in total. The molecule has 0 fully saturated rings. The normalized spacial score (nSPS) is 15.2. The van der Waals surface area contributed by atoms with E-state index in [2.05, 4.69) is 15.5 Å². The molecule has 5 heteroatoms. The van der Waals surface area contributed by atoms with Gasteiger partial charge in [-0.25, -0.2) is 5.43 Å². The van der Waals surface area contributed by atoms with Crippen LogP contribution in [0.3, 0.4) is 0 Å². The lowest BCUT2D eigenvalue weighted by molar-refractivity contribution is 0.0954. The van der Waals surface area contributed by atoms with Crippen molar-refractivity contribution in [1.29, 1.82) is 0 Å². The summed E-state index contributed by atoms with van der Waals surface area (Å²) in [5.41, 5.74) is 5.64. The number of nitrogens with one attached hydrogen (secondary N) is 1. The van der Waals surface area contributed by atoms with Gasteiger partial charge in [-0.2, -0.15) is 5.10 Å². The second-order valence-electron chi connectivity index (χ2n) is 4.82. The molecule has 1 aromatic carbocycles. The van der Waals surface area contributed by atoms with Gasteiger partial charge in [0.15, 0.2) is 0 Å². The number of amides is 1. The number of rotatable bonds is 2. The van der Waals surface area contributed by atoms with Crippen molar-refractivity contribution < 1.29 is 9.53 Å². The topological polar surface area (TPSA) is 63.6 Å². The lowest BCUT2D eigenvalue weighted by Crippen LogP contribution is -2.24. The Morgan fingerprint density at radius 3 is 3.10 bits per heavy atom. The first kappa shape index (κ1) is 13.3. The lowest BCUT2D eigenvalue weighted by atomic mass is 10.1. The van der Waals surface area contributed by atoms with E-state index in [0.29, 0.717) is 30.0 Å². The molecule has 1 aliphatic rings. The molecule has 3 rings (SSSR count). The highest BCUT2D eigenvalue weighted by Gasteiger charge is 2.18. The summed E-state index contributed by atoms with van der Waals surface area (Å²) in [6, 6.07) is 11.0. The maximum absolute atomic E-state index is 12.1. The molecule has 21 heavy (non-hydrogen) atoms. The Morgan fingerprint density at radius 1 is 1.33 bits per heavy atom. The fraction of sp³-hybridized carbons (Fsp3) is 0.188. The van der Waals surface area contributed by atoms with Crippen LogP contribution in [-0.4, -0.2) is 23.2 Å². The molecule has 1 N–H and O–H groups in total. The standard InChI is InChI=1S/C16H15N3O2/c1-11-4-2-5-12(10-11)16(20)19-18-13-7-9-21-14-6-3-8-17-15(13)14/h2-6,8,10H,7,9H2,1H3,(H,19,20)/b18-13+. The van der Waals surface area contributed by atoms with Gasteiger partial charge in [0.05, 0.1) is 12.3 Å². The number of ether oxygens (including phenoxy) is 1. The number of hydrogen-bond donors (Lipinski definition) is 1. The van der Waals surface area contributed by atoms with Crippen molar-refractivity contribution in [2.45, 2.75) is 13.3 Å². The molecule has 0 atom stereocenters. The molecule has 0 saturated heterocycles. The average Bonchev–Trinajstić information content (AvgIpc) is 2.52. The van der Waals surface area contributed by atoms with Crippen molar-refractivity contribution in [2.75, 3.05) is 6.61 Å². The van der Waals surface area contributed by atoms with Crippen LogP contribution in [0.5, 0.6) is 5.75 Å². The van der Waals surface area contributed by atoms with Gasteiger partial charge < -0.3 is 4.74 Å². The van der Waals surface area contributed by atoms with Gasteiger partial charge >= 0.3 is 0 Å². The van der Waals surface area contributed by atoms with Crippen LogP contribution in [0.1, 0.15) is 28.0 Å². The molecule has 0 spiro atoms. The number of benzene rings is 1. The minimum atomic E-state index is -0.227. The fourth-order valence-corrected chi connectivity index (χ4v) is 2.18. The maximum atomic E-state index is 12.1. The number of carbonyl (C=O) groups excluding carboxylic acids is 1. The fourth-order valence-electron chi connectivity index (χ4n) is 2.18. The van der Waals surface area contributed by atoms with Crippen molar-refractivity contribution in [1.82, 2.24) is 10.4 Å². The van der Waals surface area contributed by atoms with Gasteiger partial charge in [-0.05, 0) is 31.2 Å². The van der Waals surface area contributed by atoms with Crippen LogP contribution in [0.25, 0.3) is 0 Å². The third kappa shape index (κ3) is 2.91. The highest BCUT2D eigenvalue weighted by Crippen LogP contribution is 2.21. The molecule has 1 amide bonds. The van der Waals surface area contributed by atoms with Crippen molar-refractivity contribution >= 4 is 11.6 Å². The first-order valence-corrected chi connectivity index (χ1v) is 6.76. The third-order valence-electron chi connectivity index (χ3n) is 3.21. The highest BCUT2D eigenvalue weighted by molar-refractivity contribution is 6.03. The highest BCUT2D eigenvalue weighted by atomic mass is 16.5. The van der Waals surface area contributed by atoms with E-state index in [0.717, 1.165) is 11.3 Å². The first-order valence-electron chi connectivity index (χ1n) is 6.76. The second kappa shape index (κ2) is 5.75. The number of aryl methyl sites for hydroxylation is 1. The molecule has 106 valence electrons. The van der Waals surface area contributed by atoms with Gasteiger partial charge in [0.1, 0.15) is 11.4 Å². The summed E-state index contributed by atoms with van der Waals surface area (Å²) < 4.78 is 5.50. The number of hydrogen-bond acceptors (Lipinski definition) is 4. The maximum Gasteiger partial charge on any atom is 0.271 e. The number of carbonyl (C=O) groups is 1. The van der Waals surface area contributed by atoms with Crippen LogP contribution < -0.4 is 10.2 Å². The Morgan fingerprint density at radius 2 is 2.24 bits per heavy atom. The van der Waals surface area contributed by atoms with Gasteiger partial charge in [0.25, 0.3) is 5.91 Å². The molecule has 0 bridgehead atoms. The van der Waals surface area contributed by atoms with Crippen molar-refractivity contribution in [3.8, 4) is 5.75 Å². The Hall–Kier alpha value is -2.69. The Kier molecular flexibility index (Phi) is 3.64. The number of aromatic nitrogens is 1. The quantitative estimate of drug-likeness (QED) is 0.859. The van der Waals surface area contributed by atoms with E-state index in [1.807, 2.05) is 37.3 Å². The molecular formula is C16H15N3O2. The van der Waals surface area contributed by atoms with Crippen LogP contribution in [0.4, 0.5) is 0 Å². The monoisotopic (exact) mass is 281 g/mol. The summed E-state index contributed by atoms with van der Waals surface area (Å²) in [7, 11) is 0. The summed E-state index contributed by atoms with van der Waals surface area (Å²) in [4.78, 5) is 16.3. The van der Waals surface area contributed by atoms with E-state index in [4.69, 9.17) is 4.74 Å². The van der Waals surface area contributed by atoms with Crippen LogP contribution in [0, 0.1) is 6.92 Å². The van der Waals surface area contributed by atoms with E-state index >= 15 is 0 Å². The Labute approximate surface area is 122 Å². The molecule has 0 unspecified atom stereocenters. The molecule has 1 aliphatic heterocycles. The molecule has 0 aliphatic carbocycles. The van der Waals surface area contributed by atoms with Crippen molar-refractivity contribution in [3.63, 3.8) is 0 Å².